The lowest BCUT2D eigenvalue weighted by atomic mass is 9.84. The average molecular weight is 471 g/mol. The van der Waals surface area contributed by atoms with Crippen molar-refractivity contribution in [1.82, 2.24) is 9.97 Å². The second-order valence-electron chi connectivity index (χ2n) is 10.1. The predicted molar refractivity (Wildman–Crippen MR) is 146 cm³/mol. The van der Waals surface area contributed by atoms with Crippen molar-refractivity contribution >= 4 is 21.9 Å². The summed E-state index contributed by atoms with van der Waals surface area (Å²) < 4.78 is 6.28. The van der Waals surface area contributed by atoms with E-state index in [4.69, 9.17) is 9.40 Å². The first-order chi connectivity index (χ1) is 17.4. The van der Waals surface area contributed by atoms with Crippen molar-refractivity contribution in [3.05, 3.63) is 103 Å². The summed E-state index contributed by atoms with van der Waals surface area (Å²) in [5.74, 6) is 0.546. The zero-order valence-corrected chi connectivity index (χ0v) is 20.5. The molecule has 0 saturated carbocycles. The lowest BCUT2D eigenvalue weighted by molar-refractivity contribution is 0.474. The molecule has 0 saturated heterocycles. The molecule has 0 spiro atoms. The Morgan fingerprint density at radius 1 is 0.750 bits per heavy atom. The van der Waals surface area contributed by atoms with E-state index in [2.05, 4.69) is 74.3 Å². The largest absolute Gasteiger partial charge is 0.507 e. The maximum absolute atomic E-state index is 10.5. The van der Waals surface area contributed by atoms with Crippen LogP contribution in [0.1, 0.15) is 26.3 Å². The minimum atomic E-state index is -0.0980. The molecule has 0 aliphatic rings. The number of oxazole rings is 1. The Bertz CT molecular complexity index is 1730. The van der Waals surface area contributed by atoms with Gasteiger partial charge in [-0.2, -0.15) is 0 Å². The van der Waals surface area contributed by atoms with Gasteiger partial charge in [0.25, 0.3) is 0 Å². The molecule has 4 nitrogen and oxygen atoms in total. The molecule has 4 aromatic carbocycles. The molecule has 1 N–H and O–H groups in total. The number of aromatic hydroxyl groups is 1. The molecule has 0 atom stereocenters. The van der Waals surface area contributed by atoms with Crippen LogP contribution in [0.15, 0.2) is 102 Å². The van der Waals surface area contributed by atoms with Crippen molar-refractivity contribution in [2.24, 2.45) is 0 Å². The van der Waals surface area contributed by atoms with Crippen molar-refractivity contribution in [3.63, 3.8) is 0 Å². The summed E-state index contributed by atoms with van der Waals surface area (Å²) in [6.07, 6.45) is 1.82. The highest BCUT2D eigenvalue weighted by Gasteiger charge is 2.22. The molecule has 0 amide bonds. The van der Waals surface area contributed by atoms with Gasteiger partial charge in [-0.1, -0.05) is 63.2 Å². The Hall–Kier alpha value is -4.44. The average Bonchev–Trinajstić information content (AvgIpc) is 3.32. The third-order valence-corrected chi connectivity index (χ3v) is 6.61. The maximum atomic E-state index is 10.5. The normalized spacial score (nSPS) is 11.9. The minimum absolute atomic E-state index is 0.0980. The Kier molecular flexibility index (Phi) is 5.11. The SMILES string of the molecule is CC(C)(C)c1cc(-c2cc(-c3ccccn3)cc3ccccc23)c2nc(-c3ccccc3O)oc2c1. The number of phenolic OH excluding ortho intramolecular Hbond substituents is 1. The van der Waals surface area contributed by atoms with Crippen LogP contribution in [0.5, 0.6) is 5.75 Å². The van der Waals surface area contributed by atoms with Gasteiger partial charge in [-0.3, -0.25) is 4.98 Å². The topological polar surface area (TPSA) is 59.2 Å². The first kappa shape index (κ1) is 22.1. The molecule has 2 aromatic heterocycles. The number of nitrogens with zero attached hydrogens (tertiary/aromatic N) is 2. The van der Waals surface area contributed by atoms with Crippen molar-refractivity contribution < 1.29 is 9.52 Å². The molecule has 2 heterocycles. The number of rotatable bonds is 3. The lowest BCUT2D eigenvalue weighted by Gasteiger charge is -2.20. The predicted octanol–water partition coefficient (Wildman–Crippen LogP) is 8.38. The van der Waals surface area contributed by atoms with Gasteiger partial charge < -0.3 is 9.52 Å². The number of para-hydroxylation sites is 1. The highest BCUT2D eigenvalue weighted by atomic mass is 16.3. The van der Waals surface area contributed by atoms with Crippen LogP contribution in [-0.2, 0) is 5.41 Å². The fourth-order valence-corrected chi connectivity index (χ4v) is 4.65. The van der Waals surface area contributed by atoms with E-state index < -0.39 is 0 Å². The highest BCUT2D eigenvalue weighted by Crippen LogP contribution is 2.41. The van der Waals surface area contributed by atoms with Crippen LogP contribution in [0.4, 0.5) is 0 Å². The number of fused-ring (bicyclic) bond motifs is 2. The molecule has 36 heavy (non-hydrogen) atoms. The Morgan fingerprint density at radius 2 is 1.53 bits per heavy atom. The summed E-state index contributed by atoms with van der Waals surface area (Å²) >= 11 is 0. The van der Waals surface area contributed by atoms with Crippen molar-refractivity contribution in [1.29, 1.82) is 0 Å². The van der Waals surface area contributed by atoms with Gasteiger partial charge in [0.1, 0.15) is 11.3 Å². The number of hydrogen-bond donors (Lipinski definition) is 1. The fourth-order valence-electron chi connectivity index (χ4n) is 4.65. The molecule has 0 radical (unpaired) electrons. The molecular formula is C32H26N2O2. The first-order valence-corrected chi connectivity index (χ1v) is 12.1. The van der Waals surface area contributed by atoms with Crippen LogP contribution >= 0.6 is 0 Å². The molecule has 0 aliphatic heterocycles. The molecule has 6 aromatic rings. The van der Waals surface area contributed by atoms with E-state index in [1.165, 1.54) is 0 Å². The number of hydrogen-bond acceptors (Lipinski definition) is 4. The molecule has 0 fully saturated rings. The van der Waals surface area contributed by atoms with Gasteiger partial charge in [0, 0.05) is 17.3 Å². The van der Waals surface area contributed by atoms with E-state index in [0.717, 1.165) is 44.2 Å². The quantitative estimate of drug-likeness (QED) is 0.282. The zero-order valence-electron chi connectivity index (χ0n) is 20.5. The van der Waals surface area contributed by atoms with Crippen molar-refractivity contribution in [3.8, 4) is 39.6 Å². The van der Waals surface area contributed by atoms with Gasteiger partial charge in [0.05, 0.1) is 11.3 Å². The maximum Gasteiger partial charge on any atom is 0.231 e. The van der Waals surface area contributed by atoms with E-state index in [9.17, 15) is 5.11 Å². The smallest absolute Gasteiger partial charge is 0.231 e. The number of pyridine rings is 1. The molecule has 176 valence electrons. The Labute approximate surface area is 209 Å². The second-order valence-corrected chi connectivity index (χ2v) is 10.1. The molecule has 0 aliphatic carbocycles. The summed E-state index contributed by atoms with van der Waals surface area (Å²) in [6.45, 7) is 6.59. The highest BCUT2D eigenvalue weighted by molar-refractivity contribution is 6.05. The van der Waals surface area contributed by atoms with Gasteiger partial charge in [-0.05, 0) is 75.8 Å². The fraction of sp³-hybridized carbons (Fsp3) is 0.125. The van der Waals surface area contributed by atoms with Crippen LogP contribution in [-0.4, -0.2) is 15.1 Å². The Balaban J connectivity index is 1.69. The standard InChI is InChI=1S/C32H26N2O2/c1-32(2,3)22-18-26(30-29(19-22)36-31(34-30)24-12-6-7-14-28(24)35)25-17-21(27-13-8-9-15-33-27)16-20-10-4-5-11-23(20)25/h4-19,35H,1-3H3. The van der Waals surface area contributed by atoms with Gasteiger partial charge in [-0.25, -0.2) is 4.98 Å². The number of phenols is 1. The summed E-state index contributed by atoms with van der Waals surface area (Å²) in [7, 11) is 0. The van der Waals surface area contributed by atoms with Crippen LogP contribution < -0.4 is 0 Å². The van der Waals surface area contributed by atoms with E-state index >= 15 is 0 Å². The van der Waals surface area contributed by atoms with E-state index in [0.29, 0.717) is 17.0 Å². The Morgan fingerprint density at radius 3 is 2.31 bits per heavy atom. The summed E-state index contributed by atoms with van der Waals surface area (Å²) in [4.78, 5) is 9.51. The molecule has 6 rings (SSSR count). The van der Waals surface area contributed by atoms with E-state index in [1.807, 2.05) is 36.5 Å². The van der Waals surface area contributed by atoms with E-state index in [1.54, 1.807) is 12.1 Å². The number of benzene rings is 4. The molecular weight excluding hydrogens is 444 g/mol. The van der Waals surface area contributed by atoms with Crippen LogP contribution in [0.2, 0.25) is 0 Å². The van der Waals surface area contributed by atoms with Crippen LogP contribution in [0.3, 0.4) is 0 Å². The van der Waals surface area contributed by atoms with Gasteiger partial charge >= 0.3 is 0 Å². The minimum Gasteiger partial charge on any atom is -0.507 e. The lowest BCUT2D eigenvalue weighted by Crippen LogP contribution is -2.11. The summed E-state index contributed by atoms with van der Waals surface area (Å²) in [5, 5.41) is 12.7. The van der Waals surface area contributed by atoms with Crippen molar-refractivity contribution in [2.75, 3.05) is 0 Å². The monoisotopic (exact) mass is 470 g/mol. The zero-order chi connectivity index (χ0) is 24.9. The summed E-state index contributed by atoms with van der Waals surface area (Å²) in [5.41, 5.74) is 7.12. The third kappa shape index (κ3) is 3.81. The second kappa shape index (κ2) is 8.35. The number of aromatic nitrogens is 2. The first-order valence-electron chi connectivity index (χ1n) is 12.1. The third-order valence-electron chi connectivity index (χ3n) is 6.61. The van der Waals surface area contributed by atoms with Crippen molar-refractivity contribution in [2.45, 2.75) is 26.2 Å². The van der Waals surface area contributed by atoms with Gasteiger partial charge in [-0.15, -0.1) is 0 Å². The molecule has 4 heteroatoms. The van der Waals surface area contributed by atoms with Crippen LogP contribution in [0.25, 0.3) is 55.7 Å². The summed E-state index contributed by atoms with van der Waals surface area (Å²) in [6, 6.07) is 30.2. The van der Waals surface area contributed by atoms with Gasteiger partial charge in [0.15, 0.2) is 5.58 Å². The van der Waals surface area contributed by atoms with Crippen LogP contribution in [0, 0.1) is 0 Å². The van der Waals surface area contributed by atoms with Gasteiger partial charge in [0.2, 0.25) is 5.89 Å². The molecule has 0 unspecified atom stereocenters. The van der Waals surface area contributed by atoms with E-state index in [-0.39, 0.29) is 11.2 Å². The molecule has 0 bridgehead atoms.